The molecule has 0 saturated carbocycles. The van der Waals surface area contributed by atoms with Gasteiger partial charge in [0.25, 0.3) is 5.91 Å². The van der Waals surface area contributed by atoms with Crippen LogP contribution in [0.3, 0.4) is 0 Å². The Bertz CT molecular complexity index is 1170. The van der Waals surface area contributed by atoms with Gasteiger partial charge in [0.2, 0.25) is 11.6 Å². The minimum absolute atomic E-state index is 0.00221. The van der Waals surface area contributed by atoms with Crippen molar-refractivity contribution in [2.75, 3.05) is 66.1 Å². The number of likely N-dealkylation sites (N-methyl/N-ethyl adjacent to an activating group) is 1. The molecule has 0 unspecified atom stereocenters. The lowest BCUT2D eigenvalue weighted by Gasteiger charge is -2.40. The zero-order chi connectivity index (χ0) is 25.1. The van der Waals surface area contributed by atoms with Crippen LogP contribution >= 0.6 is 0 Å². The van der Waals surface area contributed by atoms with Crippen LogP contribution in [-0.4, -0.2) is 93.4 Å². The number of carbonyl (C=O) groups excluding carboxylic acids is 3. The van der Waals surface area contributed by atoms with Crippen LogP contribution in [0, 0.1) is 0 Å². The molecule has 0 atom stereocenters. The fourth-order valence-corrected chi connectivity index (χ4v) is 4.46. The second-order valence-electron chi connectivity index (χ2n) is 8.12. The standard InChI is InChI=1S/C25H28N4O6/c1-27(19(30)15-33-2)22-23(29-13-11-28(12-14-29)18-7-5-6-10-26-18)25(32)21-17(35-4)9-8-16(34-3)20(21)24(22)31/h5-10H,11-15H2,1-4H3. The summed E-state index contributed by atoms with van der Waals surface area (Å²) in [4.78, 5) is 50.2. The van der Waals surface area contributed by atoms with Crippen molar-refractivity contribution < 1.29 is 28.6 Å². The molecule has 1 aromatic carbocycles. The summed E-state index contributed by atoms with van der Waals surface area (Å²) < 4.78 is 15.8. The number of nitrogens with zero attached hydrogens (tertiary/aromatic N) is 4. The molecule has 0 N–H and O–H groups in total. The van der Waals surface area contributed by atoms with Crippen LogP contribution in [0.15, 0.2) is 47.9 Å². The fourth-order valence-electron chi connectivity index (χ4n) is 4.46. The quantitative estimate of drug-likeness (QED) is 0.585. The number of benzene rings is 1. The molecule has 10 heteroatoms. The number of rotatable bonds is 7. The fraction of sp³-hybridized carbons (Fsp3) is 0.360. The molecule has 10 nitrogen and oxygen atoms in total. The van der Waals surface area contributed by atoms with Crippen molar-refractivity contribution in [3.63, 3.8) is 0 Å². The molecule has 1 aliphatic carbocycles. The van der Waals surface area contributed by atoms with Crippen molar-refractivity contribution in [1.82, 2.24) is 14.8 Å². The summed E-state index contributed by atoms with van der Waals surface area (Å²) in [6.45, 7) is 1.87. The third kappa shape index (κ3) is 4.32. The highest BCUT2D eigenvalue weighted by Crippen LogP contribution is 2.40. The Kier molecular flexibility index (Phi) is 7.02. The summed E-state index contributed by atoms with van der Waals surface area (Å²) in [5, 5.41) is 0. The molecule has 2 aromatic rings. The van der Waals surface area contributed by atoms with E-state index in [1.54, 1.807) is 18.3 Å². The predicted molar refractivity (Wildman–Crippen MR) is 128 cm³/mol. The van der Waals surface area contributed by atoms with Crippen molar-refractivity contribution in [1.29, 1.82) is 0 Å². The van der Waals surface area contributed by atoms with Crippen LogP contribution in [0.2, 0.25) is 0 Å². The molecule has 1 amide bonds. The lowest BCUT2D eigenvalue weighted by molar-refractivity contribution is -0.131. The second kappa shape index (κ2) is 10.1. The van der Waals surface area contributed by atoms with Crippen molar-refractivity contribution in [3.8, 4) is 11.5 Å². The van der Waals surface area contributed by atoms with Crippen LogP contribution in [-0.2, 0) is 9.53 Å². The minimum Gasteiger partial charge on any atom is -0.496 e. The van der Waals surface area contributed by atoms with Crippen molar-refractivity contribution >= 4 is 23.3 Å². The maximum atomic E-state index is 14.0. The molecular weight excluding hydrogens is 452 g/mol. The molecule has 4 rings (SSSR count). The van der Waals surface area contributed by atoms with E-state index in [-0.39, 0.29) is 40.6 Å². The first-order chi connectivity index (χ1) is 16.9. The van der Waals surface area contributed by atoms with Gasteiger partial charge in [-0.1, -0.05) is 6.07 Å². The predicted octanol–water partition coefficient (Wildman–Crippen LogP) is 1.62. The van der Waals surface area contributed by atoms with Gasteiger partial charge < -0.3 is 28.9 Å². The number of allylic oxidation sites excluding steroid dienone is 2. The molecule has 184 valence electrons. The molecule has 2 heterocycles. The highest BCUT2D eigenvalue weighted by Gasteiger charge is 2.42. The Hall–Kier alpha value is -3.92. The summed E-state index contributed by atoms with van der Waals surface area (Å²) in [5.41, 5.74) is 0.388. The molecule has 0 spiro atoms. The Morgan fingerprint density at radius 1 is 0.914 bits per heavy atom. The Morgan fingerprint density at radius 2 is 1.51 bits per heavy atom. The first-order valence-corrected chi connectivity index (χ1v) is 11.2. The average Bonchev–Trinajstić information content (AvgIpc) is 2.90. The Labute approximate surface area is 203 Å². The molecule has 0 radical (unpaired) electrons. The second-order valence-corrected chi connectivity index (χ2v) is 8.12. The molecule has 35 heavy (non-hydrogen) atoms. The molecule has 1 saturated heterocycles. The average molecular weight is 481 g/mol. The summed E-state index contributed by atoms with van der Waals surface area (Å²) in [6, 6.07) is 8.89. The maximum Gasteiger partial charge on any atom is 0.252 e. The third-order valence-corrected chi connectivity index (χ3v) is 6.22. The Balaban J connectivity index is 1.79. The van der Waals surface area contributed by atoms with Gasteiger partial charge in [0.05, 0.1) is 25.3 Å². The van der Waals surface area contributed by atoms with Gasteiger partial charge in [-0.25, -0.2) is 4.98 Å². The maximum absolute atomic E-state index is 14.0. The Morgan fingerprint density at radius 3 is 2.06 bits per heavy atom. The number of aromatic nitrogens is 1. The van der Waals surface area contributed by atoms with E-state index in [2.05, 4.69) is 9.88 Å². The molecule has 1 aliphatic heterocycles. The van der Waals surface area contributed by atoms with E-state index in [0.29, 0.717) is 26.2 Å². The normalized spacial score (nSPS) is 15.8. The van der Waals surface area contributed by atoms with Crippen LogP contribution < -0.4 is 14.4 Å². The van der Waals surface area contributed by atoms with Crippen molar-refractivity contribution in [2.45, 2.75) is 0 Å². The minimum atomic E-state index is -0.482. The molecule has 0 bridgehead atoms. The lowest BCUT2D eigenvalue weighted by atomic mass is 9.87. The van der Waals surface area contributed by atoms with Crippen LogP contribution in [0.5, 0.6) is 11.5 Å². The van der Waals surface area contributed by atoms with Gasteiger partial charge >= 0.3 is 0 Å². The smallest absolute Gasteiger partial charge is 0.252 e. The number of carbonyl (C=O) groups is 3. The molecular formula is C25H28N4O6. The topological polar surface area (TPSA) is 102 Å². The number of piperazine rings is 1. The van der Waals surface area contributed by atoms with Crippen LogP contribution in [0.25, 0.3) is 0 Å². The van der Waals surface area contributed by atoms with Gasteiger partial charge in [0, 0.05) is 46.5 Å². The van der Waals surface area contributed by atoms with E-state index in [4.69, 9.17) is 14.2 Å². The van der Waals surface area contributed by atoms with E-state index >= 15 is 0 Å². The zero-order valence-electron chi connectivity index (χ0n) is 20.2. The van der Waals surface area contributed by atoms with E-state index in [0.717, 1.165) is 5.82 Å². The number of amides is 1. The number of anilines is 1. The SMILES string of the molecule is COCC(=O)N(C)C1=C(N2CCN(c3ccccn3)CC2)C(=O)c2c(OC)ccc(OC)c2C1=O. The van der Waals surface area contributed by atoms with E-state index < -0.39 is 17.5 Å². The number of fused-ring (bicyclic) bond motifs is 1. The number of Topliss-reactive ketones (excluding diaryl/α,β-unsaturated/α-hetero) is 2. The highest BCUT2D eigenvalue weighted by atomic mass is 16.5. The summed E-state index contributed by atoms with van der Waals surface area (Å²) in [7, 11) is 5.74. The number of methoxy groups -OCH3 is 3. The van der Waals surface area contributed by atoms with Gasteiger partial charge in [-0.3, -0.25) is 14.4 Å². The summed E-state index contributed by atoms with van der Waals surface area (Å²) in [5.74, 6) is 0.0326. The monoisotopic (exact) mass is 480 g/mol. The van der Waals surface area contributed by atoms with Crippen molar-refractivity contribution in [3.05, 3.63) is 59.0 Å². The van der Waals surface area contributed by atoms with E-state index in [1.165, 1.54) is 33.3 Å². The van der Waals surface area contributed by atoms with Crippen LogP contribution in [0.4, 0.5) is 5.82 Å². The van der Waals surface area contributed by atoms with Gasteiger partial charge in [0.1, 0.15) is 35.3 Å². The van der Waals surface area contributed by atoms with Crippen molar-refractivity contribution in [2.24, 2.45) is 0 Å². The van der Waals surface area contributed by atoms with E-state index in [1.807, 2.05) is 23.1 Å². The van der Waals surface area contributed by atoms with Crippen LogP contribution in [0.1, 0.15) is 20.7 Å². The zero-order valence-corrected chi connectivity index (χ0v) is 20.2. The first-order valence-electron chi connectivity index (χ1n) is 11.2. The first kappa shape index (κ1) is 24.2. The molecule has 2 aliphatic rings. The van der Waals surface area contributed by atoms with Gasteiger partial charge in [-0.2, -0.15) is 0 Å². The number of ether oxygens (including phenoxy) is 3. The summed E-state index contributed by atoms with van der Waals surface area (Å²) >= 11 is 0. The highest BCUT2D eigenvalue weighted by molar-refractivity contribution is 6.29. The van der Waals surface area contributed by atoms with Gasteiger partial charge in [0.15, 0.2) is 0 Å². The largest absolute Gasteiger partial charge is 0.496 e. The number of hydrogen-bond acceptors (Lipinski definition) is 9. The summed E-state index contributed by atoms with van der Waals surface area (Å²) in [6.07, 6.45) is 1.73. The molecule has 1 aromatic heterocycles. The van der Waals surface area contributed by atoms with E-state index in [9.17, 15) is 14.4 Å². The number of ketones is 2. The lowest BCUT2D eigenvalue weighted by Crippen LogP contribution is -2.50. The number of hydrogen-bond donors (Lipinski definition) is 0. The van der Waals surface area contributed by atoms with Gasteiger partial charge in [-0.15, -0.1) is 0 Å². The molecule has 1 fully saturated rings. The van der Waals surface area contributed by atoms with Gasteiger partial charge in [-0.05, 0) is 24.3 Å². The third-order valence-electron chi connectivity index (χ3n) is 6.22. The number of pyridine rings is 1.